The third-order valence-electron chi connectivity index (χ3n) is 4.75. The number of fused-ring (bicyclic) bond motifs is 1. The molecule has 0 radical (unpaired) electrons. The molecule has 0 bridgehead atoms. The van der Waals surface area contributed by atoms with Gasteiger partial charge in [0.1, 0.15) is 0 Å². The number of nitrogens with zero attached hydrogens (tertiary/aromatic N) is 3. The summed E-state index contributed by atoms with van der Waals surface area (Å²) in [5, 5.41) is 0.465. The molecular formula is C18H19ClN4O2S. The minimum absolute atomic E-state index is 0.280. The Balaban J connectivity index is 1.53. The smallest absolute Gasteiger partial charge is 0.243 e. The Kier molecular flexibility index (Phi) is 4.38. The van der Waals surface area contributed by atoms with Gasteiger partial charge >= 0.3 is 0 Å². The molecule has 1 N–H and O–H groups in total. The van der Waals surface area contributed by atoms with Gasteiger partial charge in [-0.15, -0.1) is 0 Å². The van der Waals surface area contributed by atoms with Crippen molar-refractivity contribution in [3.63, 3.8) is 0 Å². The van der Waals surface area contributed by atoms with Crippen LogP contribution in [0.25, 0.3) is 11.0 Å². The molecule has 1 aliphatic rings. The monoisotopic (exact) mass is 390 g/mol. The lowest BCUT2D eigenvalue weighted by Crippen LogP contribution is -2.49. The van der Waals surface area contributed by atoms with E-state index < -0.39 is 10.0 Å². The molecule has 2 heterocycles. The number of rotatable bonds is 3. The van der Waals surface area contributed by atoms with E-state index in [4.69, 9.17) is 11.6 Å². The number of benzene rings is 2. The Morgan fingerprint density at radius 2 is 1.77 bits per heavy atom. The standard InChI is InChI=1S/C18H19ClN4O2S/c1-13-14(19)5-4-8-17(13)26(24,25)23-11-9-22(10-12-23)18-20-15-6-2-3-7-16(15)21-18/h2-8H,9-12H2,1H3,(H,20,21). The van der Waals surface area contributed by atoms with Crippen molar-refractivity contribution in [3.05, 3.63) is 53.1 Å². The Morgan fingerprint density at radius 3 is 2.50 bits per heavy atom. The maximum atomic E-state index is 13.0. The molecule has 1 fully saturated rings. The van der Waals surface area contributed by atoms with Crippen LogP contribution in [0.3, 0.4) is 0 Å². The van der Waals surface area contributed by atoms with E-state index in [1.807, 2.05) is 24.3 Å². The van der Waals surface area contributed by atoms with Gasteiger partial charge in [-0.2, -0.15) is 4.31 Å². The van der Waals surface area contributed by atoms with Crippen molar-refractivity contribution < 1.29 is 8.42 Å². The first kappa shape index (κ1) is 17.3. The third-order valence-corrected chi connectivity index (χ3v) is 7.20. The molecule has 2 aromatic carbocycles. The molecule has 0 saturated carbocycles. The van der Waals surface area contributed by atoms with Gasteiger partial charge in [0.15, 0.2) is 0 Å². The number of H-pyrrole nitrogens is 1. The summed E-state index contributed by atoms with van der Waals surface area (Å²) in [7, 11) is -3.55. The lowest BCUT2D eigenvalue weighted by atomic mass is 10.2. The minimum Gasteiger partial charge on any atom is -0.340 e. The molecule has 1 aromatic heterocycles. The van der Waals surface area contributed by atoms with Gasteiger partial charge in [-0.1, -0.05) is 29.8 Å². The van der Waals surface area contributed by atoms with Crippen LogP contribution in [0.1, 0.15) is 5.56 Å². The van der Waals surface area contributed by atoms with Crippen molar-refractivity contribution in [2.45, 2.75) is 11.8 Å². The van der Waals surface area contributed by atoms with Gasteiger partial charge in [0.25, 0.3) is 0 Å². The highest BCUT2D eigenvalue weighted by Gasteiger charge is 2.30. The number of anilines is 1. The number of aromatic nitrogens is 2. The molecule has 4 rings (SSSR count). The number of para-hydroxylation sites is 2. The molecule has 0 atom stereocenters. The topological polar surface area (TPSA) is 69.3 Å². The fourth-order valence-electron chi connectivity index (χ4n) is 3.24. The SMILES string of the molecule is Cc1c(Cl)cccc1S(=O)(=O)N1CCN(c2nc3ccccc3[nH]2)CC1. The molecule has 0 spiro atoms. The highest BCUT2D eigenvalue weighted by molar-refractivity contribution is 7.89. The Labute approximate surface area is 157 Å². The minimum atomic E-state index is -3.55. The van der Waals surface area contributed by atoms with Gasteiger partial charge in [0, 0.05) is 31.2 Å². The van der Waals surface area contributed by atoms with Gasteiger partial charge in [-0.05, 0) is 36.8 Å². The molecule has 6 nitrogen and oxygen atoms in total. The van der Waals surface area contributed by atoms with Crippen LogP contribution in [-0.2, 0) is 10.0 Å². The number of nitrogens with one attached hydrogen (secondary N) is 1. The number of halogens is 1. The molecular weight excluding hydrogens is 372 g/mol. The molecule has 3 aromatic rings. The Hall–Kier alpha value is -2.09. The van der Waals surface area contributed by atoms with E-state index in [1.165, 1.54) is 4.31 Å². The summed E-state index contributed by atoms with van der Waals surface area (Å²) < 4.78 is 27.5. The number of imidazole rings is 1. The van der Waals surface area contributed by atoms with Gasteiger partial charge in [0.2, 0.25) is 16.0 Å². The fraction of sp³-hybridized carbons (Fsp3) is 0.278. The maximum Gasteiger partial charge on any atom is 0.243 e. The summed E-state index contributed by atoms with van der Waals surface area (Å²) >= 11 is 6.10. The Bertz CT molecular complexity index is 1020. The first-order chi connectivity index (χ1) is 12.5. The first-order valence-electron chi connectivity index (χ1n) is 8.42. The van der Waals surface area contributed by atoms with E-state index in [0.717, 1.165) is 17.0 Å². The molecule has 26 heavy (non-hydrogen) atoms. The zero-order chi connectivity index (χ0) is 18.3. The van der Waals surface area contributed by atoms with Crippen LogP contribution in [0.5, 0.6) is 0 Å². The van der Waals surface area contributed by atoms with Crippen LogP contribution in [-0.4, -0.2) is 48.9 Å². The largest absolute Gasteiger partial charge is 0.340 e. The zero-order valence-electron chi connectivity index (χ0n) is 14.3. The summed E-state index contributed by atoms with van der Waals surface area (Å²) in [5.74, 6) is 0.780. The summed E-state index contributed by atoms with van der Waals surface area (Å²) in [5.41, 5.74) is 2.48. The van der Waals surface area contributed by atoms with Gasteiger partial charge in [-0.25, -0.2) is 13.4 Å². The van der Waals surface area contributed by atoms with Crippen molar-refractivity contribution in [3.8, 4) is 0 Å². The average molecular weight is 391 g/mol. The first-order valence-corrected chi connectivity index (χ1v) is 10.2. The van der Waals surface area contributed by atoms with Crippen molar-refractivity contribution >= 4 is 38.6 Å². The van der Waals surface area contributed by atoms with Crippen molar-refractivity contribution in [1.29, 1.82) is 0 Å². The van der Waals surface area contributed by atoms with E-state index in [1.54, 1.807) is 25.1 Å². The van der Waals surface area contributed by atoms with E-state index >= 15 is 0 Å². The average Bonchev–Trinajstić information content (AvgIpc) is 3.08. The van der Waals surface area contributed by atoms with Crippen molar-refractivity contribution in [2.75, 3.05) is 31.1 Å². The highest BCUT2D eigenvalue weighted by Crippen LogP contribution is 2.27. The van der Waals surface area contributed by atoms with E-state index in [2.05, 4.69) is 14.9 Å². The molecule has 0 amide bonds. The van der Waals surface area contributed by atoms with Crippen LogP contribution >= 0.6 is 11.6 Å². The van der Waals surface area contributed by atoms with Gasteiger partial charge in [-0.3, -0.25) is 0 Å². The number of hydrogen-bond acceptors (Lipinski definition) is 4. The second-order valence-electron chi connectivity index (χ2n) is 6.33. The van der Waals surface area contributed by atoms with Crippen LogP contribution in [0, 0.1) is 6.92 Å². The highest BCUT2D eigenvalue weighted by atomic mass is 35.5. The van der Waals surface area contributed by atoms with Crippen molar-refractivity contribution in [1.82, 2.24) is 14.3 Å². The molecule has 0 aliphatic carbocycles. The maximum absolute atomic E-state index is 13.0. The van der Waals surface area contributed by atoms with E-state index in [9.17, 15) is 8.42 Å². The second-order valence-corrected chi connectivity index (χ2v) is 8.65. The molecule has 8 heteroatoms. The number of aromatic amines is 1. The predicted molar refractivity (Wildman–Crippen MR) is 103 cm³/mol. The second kappa shape index (κ2) is 6.57. The number of sulfonamides is 1. The van der Waals surface area contributed by atoms with Gasteiger partial charge < -0.3 is 9.88 Å². The summed E-state index contributed by atoms with van der Waals surface area (Å²) in [6.45, 7) is 3.72. The number of hydrogen-bond donors (Lipinski definition) is 1. The Morgan fingerprint density at radius 1 is 1.04 bits per heavy atom. The zero-order valence-corrected chi connectivity index (χ0v) is 15.9. The summed E-state index contributed by atoms with van der Waals surface area (Å²) in [4.78, 5) is 10.2. The summed E-state index contributed by atoms with van der Waals surface area (Å²) in [6.07, 6.45) is 0. The normalized spacial score (nSPS) is 16.3. The lowest BCUT2D eigenvalue weighted by molar-refractivity contribution is 0.383. The summed E-state index contributed by atoms with van der Waals surface area (Å²) in [6, 6.07) is 12.8. The van der Waals surface area contributed by atoms with E-state index in [-0.39, 0.29) is 4.90 Å². The molecule has 0 unspecified atom stereocenters. The molecule has 1 aliphatic heterocycles. The van der Waals surface area contributed by atoms with Crippen LogP contribution in [0.4, 0.5) is 5.95 Å². The molecule has 1 saturated heterocycles. The molecule has 136 valence electrons. The van der Waals surface area contributed by atoms with Crippen LogP contribution in [0.2, 0.25) is 5.02 Å². The predicted octanol–water partition coefficient (Wildman–Crippen LogP) is 3.04. The van der Waals surface area contributed by atoms with Crippen LogP contribution < -0.4 is 4.90 Å². The van der Waals surface area contributed by atoms with Gasteiger partial charge in [0.05, 0.1) is 15.9 Å². The van der Waals surface area contributed by atoms with E-state index in [0.29, 0.717) is 36.8 Å². The lowest BCUT2D eigenvalue weighted by Gasteiger charge is -2.34. The third kappa shape index (κ3) is 2.96. The van der Waals surface area contributed by atoms with Crippen molar-refractivity contribution in [2.24, 2.45) is 0 Å². The number of piperazine rings is 1. The van der Waals surface area contributed by atoms with Crippen LogP contribution in [0.15, 0.2) is 47.4 Å². The fourth-order valence-corrected chi connectivity index (χ4v) is 5.14. The quantitative estimate of drug-likeness (QED) is 0.746.